The number of carbonyl (C=O) groups excluding carboxylic acids is 1. The SMILES string of the molecule is CCC(=O)Nc1cccc(NC(C)c2ccc(Cl)cc2)c1. The minimum atomic E-state index is 0.0119. The Morgan fingerprint density at radius 3 is 2.48 bits per heavy atom. The standard InChI is InChI=1S/C17H19ClN2O/c1-3-17(21)20-16-6-4-5-15(11-16)19-12(2)13-7-9-14(18)10-8-13/h4-12,19H,3H2,1-2H3,(H,20,21). The number of carbonyl (C=O) groups is 1. The van der Waals surface area contributed by atoms with Crippen LogP contribution in [0.25, 0.3) is 0 Å². The van der Waals surface area contributed by atoms with Gasteiger partial charge in [-0.25, -0.2) is 0 Å². The van der Waals surface area contributed by atoms with Crippen molar-refractivity contribution in [3.63, 3.8) is 0 Å². The molecule has 2 aromatic rings. The van der Waals surface area contributed by atoms with Gasteiger partial charge in [-0.1, -0.05) is 36.7 Å². The van der Waals surface area contributed by atoms with Crippen molar-refractivity contribution in [3.8, 4) is 0 Å². The first-order valence-corrected chi connectivity index (χ1v) is 7.38. The Balaban J connectivity index is 2.06. The summed E-state index contributed by atoms with van der Waals surface area (Å²) in [6.07, 6.45) is 0.471. The van der Waals surface area contributed by atoms with Crippen molar-refractivity contribution in [2.45, 2.75) is 26.3 Å². The van der Waals surface area contributed by atoms with Crippen molar-refractivity contribution in [3.05, 3.63) is 59.1 Å². The van der Waals surface area contributed by atoms with E-state index in [1.54, 1.807) is 0 Å². The lowest BCUT2D eigenvalue weighted by Crippen LogP contribution is -2.10. The van der Waals surface area contributed by atoms with E-state index in [9.17, 15) is 4.79 Å². The molecule has 1 amide bonds. The van der Waals surface area contributed by atoms with E-state index in [0.29, 0.717) is 6.42 Å². The third-order valence-electron chi connectivity index (χ3n) is 3.22. The molecule has 0 heterocycles. The maximum Gasteiger partial charge on any atom is 0.224 e. The molecule has 0 spiro atoms. The number of anilines is 2. The second-order valence-electron chi connectivity index (χ2n) is 4.90. The highest BCUT2D eigenvalue weighted by Gasteiger charge is 2.06. The molecule has 2 aromatic carbocycles. The molecule has 0 aliphatic carbocycles. The van der Waals surface area contributed by atoms with Crippen LogP contribution in [0.4, 0.5) is 11.4 Å². The molecular formula is C17H19ClN2O. The minimum Gasteiger partial charge on any atom is -0.378 e. The lowest BCUT2D eigenvalue weighted by atomic mass is 10.1. The van der Waals surface area contributed by atoms with Crippen LogP contribution in [0.15, 0.2) is 48.5 Å². The lowest BCUT2D eigenvalue weighted by Gasteiger charge is -2.16. The number of halogens is 1. The summed E-state index contributed by atoms with van der Waals surface area (Å²) >= 11 is 5.90. The van der Waals surface area contributed by atoms with Crippen molar-refractivity contribution in [1.29, 1.82) is 0 Å². The van der Waals surface area contributed by atoms with Gasteiger partial charge in [0, 0.05) is 28.9 Å². The highest BCUT2D eigenvalue weighted by atomic mass is 35.5. The zero-order valence-corrected chi connectivity index (χ0v) is 12.9. The quantitative estimate of drug-likeness (QED) is 0.828. The molecule has 0 saturated carbocycles. The normalized spacial score (nSPS) is 11.8. The van der Waals surface area contributed by atoms with Crippen molar-refractivity contribution in [2.75, 3.05) is 10.6 Å². The second kappa shape index (κ2) is 7.14. The summed E-state index contributed by atoms with van der Waals surface area (Å²) in [4.78, 5) is 11.4. The van der Waals surface area contributed by atoms with E-state index in [1.165, 1.54) is 0 Å². The van der Waals surface area contributed by atoms with Crippen LogP contribution >= 0.6 is 11.6 Å². The Bertz CT molecular complexity index is 610. The molecule has 0 radical (unpaired) electrons. The van der Waals surface area contributed by atoms with Crippen LogP contribution in [0.1, 0.15) is 31.9 Å². The summed E-state index contributed by atoms with van der Waals surface area (Å²) in [6.45, 7) is 3.92. The Morgan fingerprint density at radius 1 is 1.14 bits per heavy atom. The first-order valence-electron chi connectivity index (χ1n) is 7.00. The van der Waals surface area contributed by atoms with Gasteiger partial charge in [0.15, 0.2) is 0 Å². The van der Waals surface area contributed by atoms with Crippen LogP contribution in [0.5, 0.6) is 0 Å². The molecule has 1 atom stereocenters. The fraction of sp³-hybridized carbons (Fsp3) is 0.235. The Hall–Kier alpha value is -2.00. The van der Waals surface area contributed by atoms with E-state index in [4.69, 9.17) is 11.6 Å². The van der Waals surface area contributed by atoms with Gasteiger partial charge >= 0.3 is 0 Å². The molecule has 0 fully saturated rings. The summed E-state index contributed by atoms with van der Waals surface area (Å²) in [5.74, 6) is 0.0119. The van der Waals surface area contributed by atoms with Gasteiger partial charge in [-0.15, -0.1) is 0 Å². The Kier molecular flexibility index (Phi) is 5.23. The van der Waals surface area contributed by atoms with Crippen LogP contribution in [0.3, 0.4) is 0 Å². The Labute approximate surface area is 130 Å². The molecule has 0 aliphatic heterocycles. The maximum atomic E-state index is 11.4. The van der Waals surface area contributed by atoms with Crippen LogP contribution in [0.2, 0.25) is 5.02 Å². The summed E-state index contributed by atoms with van der Waals surface area (Å²) in [7, 11) is 0. The molecule has 2 rings (SSSR count). The van der Waals surface area contributed by atoms with Crippen LogP contribution < -0.4 is 10.6 Å². The Morgan fingerprint density at radius 2 is 1.81 bits per heavy atom. The highest BCUT2D eigenvalue weighted by molar-refractivity contribution is 6.30. The number of rotatable bonds is 5. The average Bonchev–Trinajstić information content (AvgIpc) is 2.48. The van der Waals surface area contributed by atoms with E-state index in [1.807, 2.05) is 55.5 Å². The van der Waals surface area contributed by atoms with Crippen LogP contribution in [0, 0.1) is 0 Å². The van der Waals surface area contributed by atoms with E-state index >= 15 is 0 Å². The van der Waals surface area contributed by atoms with Gasteiger partial charge < -0.3 is 10.6 Å². The molecule has 21 heavy (non-hydrogen) atoms. The predicted octanol–water partition coefficient (Wildman–Crippen LogP) is 4.86. The predicted molar refractivity (Wildman–Crippen MR) is 88.9 cm³/mol. The van der Waals surface area contributed by atoms with Gasteiger partial charge in [0.25, 0.3) is 0 Å². The van der Waals surface area contributed by atoms with Gasteiger partial charge in [-0.3, -0.25) is 4.79 Å². The largest absolute Gasteiger partial charge is 0.378 e. The topological polar surface area (TPSA) is 41.1 Å². The van der Waals surface area contributed by atoms with E-state index < -0.39 is 0 Å². The number of hydrogen-bond acceptors (Lipinski definition) is 2. The van der Waals surface area contributed by atoms with Crippen LogP contribution in [-0.2, 0) is 4.79 Å². The third kappa shape index (κ3) is 4.50. The molecule has 1 unspecified atom stereocenters. The first-order chi connectivity index (χ1) is 10.1. The number of benzene rings is 2. The molecule has 0 aromatic heterocycles. The summed E-state index contributed by atoms with van der Waals surface area (Å²) < 4.78 is 0. The van der Waals surface area contributed by atoms with Crippen molar-refractivity contribution < 1.29 is 4.79 Å². The monoisotopic (exact) mass is 302 g/mol. The minimum absolute atomic E-state index is 0.0119. The van der Waals surface area contributed by atoms with Crippen molar-refractivity contribution >= 4 is 28.9 Å². The summed E-state index contributed by atoms with van der Waals surface area (Å²) in [5.41, 5.74) is 2.92. The lowest BCUT2D eigenvalue weighted by molar-refractivity contribution is -0.115. The van der Waals surface area contributed by atoms with Gasteiger partial charge in [-0.2, -0.15) is 0 Å². The molecule has 0 aliphatic rings. The summed E-state index contributed by atoms with van der Waals surface area (Å²) in [6, 6.07) is 15.6. The summed E-state index contributed by atoms with van der Waals surface area (Å²) in [5, 5.41) is 7.00. The fourth-order valence-electron chi connectivity index (χ4n) is 2.02. The maximum absolute atomic E-state index is 11.4. The number of amides is 1. The average molecular weight is 303 g/mol. The van der Waals surface area contributed by atoms with E-state index in [0.717, 1.165) is 22.0 Å². The molecular weight excluding hydrogens is 284 g/mol. The molecule has 0 saturated heterocycles. The van der Waals surface area contributed by atoms with Gasteiger partial charge in [0.05, 0.1) is 0 Å². The van der Waals surface area contributed by atoms with Crippen molar-refractivity contribution in [2.24, 2.45) is 0 Å². The molecule has 110 valence electrons. The number of hydrogen-bond donors (Lipinski definition) is 2. The molecule has 3 nitrogen and oxygen atoms in total. The molecule has 4 heteroatoms. The number of nitrogens with one attached hydrogen (secondary N) is 2. The van der Waals surface area contributed by atoms with E-state index in [2.05, 4.69) is 17.6 Å². The zero-order valence-electron chi connectivity index (χ0n) is 12.2. The van der Waals surface area contributed by atoms with Crippen molar-refractivity contribution in [1.82, 2.24) is 0 Å². The smallest absolute Gasteiger partial charge is 0.224 e. The van der Waals surface area contributed by atoms with Gasteiger partial charge in [0.1, 0.15) is 0 Å². The fourth-order valence-corrected chi connectivity index (χ4v) is 2.15. The van der Waals surface area contributed by atoms with E-state index in [-0.39, 0.29) is 11.9 Å². The molecule has 2 N–H and O–H groups in total. The highest BCUT2D eigenvalue weighted by Crippen LogP contribution is 2.23. The molecule has 0 bridgehead atoms. The van der Waals surface area contributed by atoms with Gasteiger partial charge in [-0.05, 0) is 42.8 Å². The first kappa shape index (κ1) is 15.4. The third-order valence-corrected chi connectivity index (χ3v) is 3.47. The zero-order chi connectivity index (χ0) is 15.2. The second-order valence-corrected chi connectivity index (χ2v) is 5.34. The van der Waals surface area contributed by atoms with Gasteiger partial charge in [0.2, 0.25) is 5.91 Å². The van der Waals surface area contributed by atoms with Crippen LogP contribution in [-0.4, -0.2) is 5.91 Å².